The lowest BCUT2D eigenvalue weighted by Gasteiger charge is -2.27. The SMILES string of the molecule is C=Cc1cc(OCc2ccccc2)c(N(CC(=O)O)C(=O)C(F)(F)F)c(F)c1CC(C)NC(=O)OC(C)(C)C. The van der Waals surface area contributed by atoms with Gasteiger partial charge < -0.3 is 19.9 Å². The molecule has 1 atom stereocenters. The van der Waals surface area contributed by atoms with Crippen molar-refractivity contribution in [2.24, 2.45) is 0 Å². The third-order valence-electron chi connectivity index (χ3n) is 5.12. The molecule has 212 valence electrons. The molecule has 0 aliphatic heterocycles. The molecule has 2 rings (SSSR count). The molecule has 0 aromatic heterocycles. The molecule has 39 heavy (non-hydrogen) atoms. The van der Waals surface area contributed by atoms with Gasteiger partial charge in [-0.25, -0.2) is 9.18 Å². The quantitative estimate of drug-likeness (QED) is 0.377. The molecule has 1 unspecified atom stereocenters. The number of carbonyl (C=O) groups is 3. The zero-order valence-electron chi connectivity index (χ0n) is 21.9. The fourth-order valence-electron chi connectivity index (χ4n) is 3.57. The minimum atomic E-state index is -5.51. The standard InChI is InChI=1S/C27H30F4N2O6/c1-6-18-13-20(38-15-17-10-8-7-9-11-17)23(33(14-21(34)35)24(36)27(29,30)31)22(28)19(18)12-16(2)32-25(37)39-26(3,4)5/h6-11,13,16H,1,12,14-15H2,2-5H3,(H,32,37)(H,34,35). The van der Waals surface area contributed by atoms with Gasteiger partial charge in [-0.05, 0) is 56.9 Å². The van der Waals surface area contributed by atoms with Crippen molar-refractivity contribution in [2.75, 3.05) is 11.4 Å². The van der Waals surface area contributed by atoms with Crippen LogP contribution >= 0.6 is 0 Å². The summed E-state index contributed by atoms with van der Waals surface area (Å²) in [6, 6.07) is 8.77. The second kappa shape index (κ2) is 12.6. The van der Waals surface area contributed by atoms with Crippen LogP contribution in [0.5, 0.6) is 5.75 Å². The number of rotatable bonds is 10. The van der Waals surface area contributed by atoms with Crippen LogP contribution in [0.15, 0.2) is 43.0 Å². The Morgan fingerprint density at radius 1 is 1.15 bits per heavy atom. The van der Waals surface area contributed by atoms with E-state index in [1.54, 1.807) is 51.1 Å². The first-order valence-corrected chi connectivity index (χ1v) is 11.8. The predicted molar refractivity (Wildman–Crippen MR) is 136 cm³/mol. The monoisotopic (exact) mass is 554 g/mol. The van der Waals surface area contributed by atoms with Gasteiger partial charge in [0.2, 0.25) is 0 Å². The van der Waals surface area contributed by atoms with E-state index in [4.69, 9.17) is 9.47 Å². The van der Waals surface area contributed by atoms with E-state index in [0.29, 0.717) is 5.56 Å². The number of carboxylic acid groups (broad SMARTS) is 1. The van der Waals surface area contributed by atoms with Crippen molar-refractivity contribution in [2.45, 2.75) is 58.5 Å². The number of amides is 2. The molecule has 0 aliphatic carbocycles. The lowest BCUT2D eigenvalue weighted by molar-refractivity contribution is -0.171. The van der Waals surface area contributed by atoms with Crippen LogP contribution in [0.3, 0.4) is 0 Å². The molecule has 0 saturated heterocycles. The molecule has 0 fully saturated rings. The van der Waals surface area contributed by atoms with Gasteiger partial charge in [-0.1, -0.05) is 43.0 Å². The van der Waals surface area contributed by atoms with E-state index in [9.17, 15) is 32.7 Å². The van der Waals surface area contributed by atoms with E-state index in [0.717, 1.165) is 0 Å². The average molecular weight is 555 g/mol. The zero-order valence-corrected chi connectivity index (χ0v) is 21.9. The van der Waals surface area contributed by atoms with Crippen LogP contribution < -0.4 is 15.0 Å². The summed E-state index contributed by atoms with van der Waals surface area (Å²) in [5.41, 5.74) is -1.36. The van der Waals surface area contributed by atoms with Gasteiger partial charge in [-0.3, -0.25) is 14.5 Å². The Balaban J connectivity index is 2.63. The Morgan fingerprint density at radius 3 is 2.28 bits per heavy atom. The van der Waals surface area contributed by atoms with Gasteiger partial charge in [0.05, 0.1) is 0 Å². The number of ether oxygens (including phenoxy) is 2. The fourth-order valence-corrected chi connectivity index (χ4v) is 3.57. The molecule has 0 saturated carbocycles. The number of hydrogen-bond acceptors (Lipinski definition) is 5. The highest BCUT2D eigenvalue weighted by Crippen LogP contribution is 2.39. The molecule has 0 radical (unpaired) electrons. The van der Waals surface area contributed by atoms with Crippen molar-refractivity contribution in [1.82, 2.24) is 5.32 Å². The molecule has 2 amide bonds. The van der Waals surface area contributed by atoms with Crippen molar-refractivity contribution in [1.29, 1.82) is 0 Å². The van der Waals surface area contributed by atoms with E-state index >= 15 is 4.39 Å². The molecule has 12 heteroatoms. The summed E-state index contributed by atoms with van der Waals surface area (Å²) in [4.78, 5) is 35.6. The van der Waals surface area contributed by atoms with Crippen LogP contribution in [0.2, 0.25) is 0 Å². The third-order valence-corrected chi connectivity index (χ3v) is 5.12. The van der Waals surface area contributed by atoms with Crippen molar-refractivity contribution in [3.05, 3.63) is 65.5 Å². The summed E-state index contributed by atoms with van der Waals surface area (Å²) in [5, 5.41) is 11.8. The maximum atomic E-state index is 16.1. The third kappa shape index (κ3) is 9.01. The summed E-state index contributed by atoms with van der Waals surface area (Å²) in [6.45, 7) is 8.33. The normalized spacial score (nSPS) is 12.3. The number of nitrogens with one attached hydrogen (secondary N) is 1. The maximum Gasteiger partial charge on any atom is 0.471 e. The molecule has 2 N–H and O–H groups in total. The number of alkyl halides is 3. The minimum Gasteiger partial charge on any atom is -0.487 e. The van der Waals surface area contributed by atoms with Crippen molar-refractivity contribution in [3.63, 3.8) is 0 Å². The molecule has 0 aliphatic rings. The second-order valence-corrected chi connectivity index (χ2v) is 9.62. The summed E-state index contributed by atoms with van der Waals surface area (Å²) in [6.07, 6.45) is -5.36. The number of nitrogens with zero attached hydrogens (tertiary/aromatic N) is 1. The van der Waals surface area contributed by atoms with Crippen molar-refractivity contribution < 1.29 is 46.5 Å². The second-order valence-electron chi connectivity index (χ2n) is 9.62. The average Bonchev–Trinajstić information content (AvgIpc) is 2.81. The summed E-state index contributed by atoms with van der Waals surface area (Å²) in [5.74, 6) is -6.23. The van der Waals surface area contributed by atoms with E-state index in [1.807, 2.05) is 0 Å². The number of anilines is 1. The molecule has 8 nitrogen and oxygen atoms in total. The van der Waals surface area contributed by atoms with Gasteiger partial charge >= 0.3 is 24.1 Å². The first kappa shape index (κ1) is 31.1. The molecule has 2 aromatic carbocycles. The lowest BCUT2D eigenvalue weighted by atomic mass is 9.97. The number of aliphatic carboxylic acids is 1. The summed E-state index contributed by atoms with van der Waals surface area (Å²) >= 11 is 0. The Kier molecular flexibility index (Phi) is 10.1. The fraction of sp³-hybridized carbons (Fsp3) is 0.370. The predicted octanol–water partition coefficient (Wildman–Crippen LogP) is 5.48. The first-order valence-electron chi connectivity index (χ1n) is 11.8. The van der Waals surface area contributed by atoms with E-state index in [2.05, 4.69) is 11.9 Å². The Labute approximate surface area is 223 Å². The lowest BCUT2D eigenvalue weighted by Crippen LogP contribution is -2.45. The topological polar surface area (TPSA) is 105 Å². The van der Waals surface area contributed by atoms with Crippen LogP contribution in [-0.2, 0) is 27.4 Å². The van der Waals surface area contributed by atoms with Gasteiger partial charge in [0.15, 0.2) is 5.82 Å². The largest absolute Gasteiger partial charge is 0.487 e. The van der Waals surface area contributed by atoms with E-state index < -0.39 is 59.6 Å². The molecule has 2 aromatic rings. The number of carboxylic acids is 1. The van der Waals surface area contributed by atoms with Crippen LogP contribution in [0.4, 0.5) is 28.0 Å². The first-order chi connectivity index (χ1) is 18.0. The van der Waals surface area contributed by atoms with Crippen molar-refractivity contribution in [3.8, 4) is 5.75 Å². The van der Waals surface area contributed by atoms with Gasteiger partial charge in [0, 0.05) is 6.04 Å². The number of alkyl carbamates (subject to hydrolysis) is 1. The van der Waals surface area contributed by atoms with E-state index in [1.165, 1.54) is 19.1 Å². The summed E-state index contributed by atoms with van der Waals surface area (Å²) in [7, 11) is 0. The van der Waals surface area contributed by atoms with Crippen LogP contribution in [0, 0.1) is 5.82 Å². The highest BCUT2D eigenvalue weighted by atomic mass is 19.4. The van der Waals surface area contributed by atoms with Gasteiger partial charge in [-0.15, -0.1) is 0 Å². The number of halogens is 4. The Hall–Kier alpha value is -4.09. The molecule has 0 heterocycles. The summed E-state index contributed by atoms with van der Waals surface area (Å²) < 4.78 is 67.3. The van der Waals surface area contributed by atoms with Crippen LogP contribution in [-0.4, -0.2) is 47.4 Å². The minimum absolute atomic E-state index is 0.104. The Morgan fingerprint density at radius 2 is 1.77 bits per heavy atom. The molecular formula is C27H30F4N2O6. The molecular weight excluding hydrogens is 524 g/mol. The van der Waals surface area contributed by atoms with Gasteiger partial charge in [0.25, 0.3) is 0 Å². The Bertz CT molecular complexity index is 1210. The molecule has 0 bridgehead atoms. The van der Waals surface area contributed by atoms with Crippen molar-refractivity contribution >= 4 is 29.7 Å². The van der Waals surface area contributed by atoms with Crippen LogP contribution in [0.1, 0.15) is 44.4 Å². The highest BCUT2D eigenvalue weighted by molar-refractivity contribution is 6.02. The number of benzene rings is 2. The number of carbonyl (C=O) groups excluding carboxylic acids is 2. The maximum absolute atomic E-state index is 16.1. The van der Waals surface area contributed by atoms with Crippen LogP contribution in [0.25, 0.3) is 6.08 Å². The number of hydrogen-bond donors (Lipinski definition) is 2. The van der Waals surface area contributed by atoms with Gasteiger partial charge in [-0.2, -0.15) is 13.2 Å². The van der Waals surface area contributed by atoms with Gasteiger partial charge in [0.1, 0.15) is 30.2 Å². The smallest absolute Gasteiger partial charge is 0.471 e. The highest BCUT2D eigenvalue weighted by Gasteiger charge is 2.45. The molecule has 0 spiro atoms. The van der Waals surface area contributed by atoms with E-state index in [-0.39, 0.29) is 29.1 Å². The zero-order chi connectivity index (χ0) is 29.5.